The van der Waals surface area contributed by atoms with Crippen molar-refractivity contribution in [1.29, 1.82) is 0 Å². The molecular formula is C14H20N4. The fourth-order valence-corrected chi connectivity index (χ4v) is 2.92. The molecule has 1 fully saturated rings. The van der Waals surface area contributed by atoms with Crippen LogP contribution in [0.4, 0.5) is 5.95 Å². The van der Waals surface area contributed by atoms with Crippen LogP contribution >= 0.6 is 0 Å². The van der Waals surface area contributed by atoms with Crippen molar-refractivity contribution in [3.8, 4) is 0 Å². The average Bonchev–Trinajstić information content (AvgIpc) is 2.69. The molecule has 0 aliphatic heterocycles. The van der Waals surface area contributed by atoms with Gasteiger partial charge in [0.2, 0.25) is 5.95 Å². The highest BCUT2D eigenvalue weighted by Gasteiger charge is 2.20. The van der Waals surface area contributed by atoms with E-state index < -0.39 is 0 Å². The number of benzene rings is 1. The predicted molar refractivity (Wildman–Crippen MR) is 74.1 cm³/mol. The average molecular weight is 244 g/mol. The van der Waals surface area contributed by atoms with Crippen molar-refractivity contribution in [2.45, 2.75) is 38.3 Å². The summed E-state index contributed by atoms with van der Waals surface area (Å²) < 4.78 is 2.15. The molecule has 0 unspecified atom stereocenters. The SMILES string of the molecule is Nc1nc2ccccc2n1CC1CCC(N)CC1. The predicted octanol–water partition coefficient (Wildman–Crippen LogP) is 2.14. The fraction of sp³-hybridized carbons (Fsp3) is 0.500. The number of aromatic nitrogens is 2. The molecule has 1 aliphatic carbocycles. The maximum atomic E-state index is 6.02. The van der Waals surface area contributed by atoms with Crippen LogP contribution in [0.15, 0.2) is 24.3 Å². The van der Waals surface area contributed by atoms with Crippen LogP contribution in [0, 0.1) is 5.92 Å². The van der Waals surface area contributed by atoms with Gasteiger partial charge < -0.3 is 16.0 Å². The van der Waals surface area contributed by atoms with Crippen LogP contribution in [0.1, 0.15) is 25.7 Å². The molecule has 4 heteroatoms. The molecule has 2 aromatic rings. The van der Waals surface area contributed by atoms with E-state index >= 15 is 0 Å². The van der Waals surface area contributed by atoms with Crippen LogP contribution in [0.25, 0.3) is 11.0 Å². The lowest BCUT2D eigenvalue weighted by atomic mass is 9.86. The molecule has 1 heterocycles. The third-order valence-corrected chi connectivity index (χ3v) is 4.02. The Balaban J connectivity index is 1.84. The first-order chi connectivity index (χ1) is 8.74. The van der Waals surface area contributed by atoms with E-state index in [1.165, 1.54) is 12.8 Å². The summed E-state index contributed by atoms with van der Waals surface area (Å²) in [6, 6.07) is 8.54. The fourth-order valence-electron chi connectivity index (χ4n) is 2.92. The van der Waals surface area contributed by atoms with Crippen molar-refractivity contribution < 1.29 is 0 Å². The van der Waals surface area contributed by atoms with Crippen LogP contribution < -0.4 is 11.5 Å². The van der Waals surface area contributed by atoms with Crippen LogP contribution in [0.3, 0.4) is 0 Å². The van der Waals surface area contributed by atoms with Crippen molar-refractivity contribution in [2.75, 3.05) is 5.73 Å². The zero-order chi connectivity index (χ0) is 12.5. The number of nitrogens with two attached hydrogens (primary N) is 2. The Morgan fingerprint density at radius 2 is 1.89 bits per heavy atom. The summed E-state index contributed by atoms with van der Waals surface area (Å²) in [6.45, 7) is 0.971. The van der Waals surface area contributed by atoms with Gasteiger partial charge in [-0.05, 0) is 43.7 Å². The lowest BCUT2D eigenvalue weighted by Crippen LogP contribution is -2.28. The minimum absolute atomic E-state index is 0.401. The maximum absolute atomic E-state index is 6.02. The highest BCUT2D eigenvalue weighted by Crippen LogP contribution is 2.27. The van der Waals surface area contributed by atoms with Gasteiger partial charge in [-0.1, -0.05) is 12.1 Å². The van der Waals surface area contributed by atoms with Crippen LogP contribution in [0.2, 0.25) is 0 Å². The standard InChI is InChI=1S/C14H20N4/c15-11-7-5-10(6-8-11)9-18-13-4-2-1-3-12(13)17-14(18)16/h1-4,10-11H,5-9,15H2,(H2,16,17). The second-order valence-electron chi connectivity index (χ2n) is 5.35. The van der Waals surface area contributed by atoms with Crippen LogP contribution in [-0.4, -0.2) is 15.6 Å². The normalized spacial score (nSPS) is 24.5. The highest BCUT2D eigenvalue weighted by molar-refractivity contribution is 5.78. The first-order valence-electron chi connectivity index (χ1n) is 6.70. The molecule has 1 aliphatic rings. The van der Waals surface area contributed by atoms with Gasteiger partial charge in [0.05, 0.1) is 11.0 Å². The number of imidazole rings is 1. The number of fused-ring (bicyclic) bond motifs is 1. The van der Waals surface area contributed by atoms with E-state index in [9.17, 15) is 0 Å². The van der Waals surface area contributed by atoms with Gasteiger partial charge in [-0.2, -0.15) is 0 Å². The first kappa shape index (κ1) is 11.5. The molecular weight excluding hydrogens is 224 g/mol. The van der Waals surface area contributed by atoms with Gasteiger partial charge in [-0.3, -0.25) is 0 Å². The molecule has 1 aromatic heterocycles. The van der Waals surface area contributed by atoms with E-state index in [1.54, 1.807) is 0 Å². The zero-order valence-corrected chi connectivity index (χ0v) is 10.5. The molecule has 0 amide bonds. The number of rotatable bonds is 2. The maximum Gasteiger partial charge on any atom is 0.201 e. The molecule has 0 bridgehead atoms. The monoisotopic (exact) mass is 244 g/mol. The Hall–Kier alpha value is -1.55. The van der Waals surface area contributed by atoms with Crippen molar-refractivity contribution in [2.24, 2.45) is 11.7 Å². The minimum Gasteiger partial charge on any atom is -0.369 e. The Labute approximate surface area is 107 Å². The summed E-state index contributed by atoms with van der Waals surface area (Å²) in [5, 5.41) is 0. The van der Waals surface area contributed by atoms with Gasteiger partial charge in [0, 0.05) is 12.6 Å². The quantitative estimate of drug-likeness (QED) is 0.850. The molecule has 3 rings (SSSR count). The van der Waals surface area contributed by atoms with Gasteiger partial charge in [0.25, 0.3) is 0 Å². The molecule has 0 spiro atoms. The molecule has 4 nitrogen and oxygen atoms in total. The van der Waals surface area contributed by atoms with E-state index in [2.05, 4.69) is 15.6 Å². The molecule has 1 saturated carbocycles. The van der Waals surface area contributed by atoms with Gasteiger partial charge in [-0.15, -0.1) is 0 Å². The smallest absolute Gasteiger partial charge is 0.201 e. The van der Waals surface area contributed by atoms with E-state index in [-0.39, 0.29) is 0 Å². The van der Waals surface area contributed by atoms with Gasteiger partial charge in [0.15, 0.2) is 0 Å². The lowest BCUT2D eigenvalue weighted by molar-refractivity contribution is 0.298. The Morgan fingerprint density at radius 1 is 1.17 bits per heavy atom. The van der Waals surface area contributed by atoms with E-state index in [0.717, 1.165) is 30.4 Å². The molecule has 18 heavy (non-hydrogen) atoms. The van der Waals surface area contributed by atoms with Crippen molar-refractivity contribution in [3.05, 3.63) is 24.3 Å². The lowest BCUT2D eigenvalue weighted by Gasteiger charge is -2.26. The molecule has 1 aromatic carbocycles. The molecule has 0 saturated heterocycles. The summed E-state index contributed by atoms with van der Waals surface area (Å²) in [5.74, 6) is 1.32. The summed E-state index contributed by atoms with van der Waals surface area (Å²) in [7, 11) is 0. The van der Waals surface area contributed by atoms with Gasteiger partial charge in [0.1, 0.15) is 0 Å². The second kappa shape index (κ2) is 4.61. The van der Waals surface area contributed by atoms with Gasteiger partial charge >= 0.3 is 0 Å². The van der Waals surface area contributed by atoms with E-state index in [4.69, 9.17) is 11.5 Å². The van der Waals surface area contributed by atoms with Crippen molar-refractivity contribution >= 4 is 17.0 Å². The zero-order valence-electron chi connectivity index (χ0n) is 10.5. The van der Waals surface area contributed by atoms with Crippen molar-refractivity contribution in [3.63, 3.8) is 0 Å². The highest BCUT2D eigenvalue weighted by atomic mass is 15.2. The molecule has 96 valence electrons. The summed E-state index contributed by atoms with van der Waals surface area (Å²) >= 11 is 0. The molecule has 0 atom stereocenters. The number of para-hydroxylation sites is 2. The Kier molecular flexibility index (Phi) is 2.96. The van der Waals surface area contributed by atoms with Crippen LogP contribution in [-0.2, 0) is 6.54 Å². The topological polar surface area (TPSA) is 69.9 Å². The van der Waals surface area contributed by atoms with E-state index in [1.807, 2.05) is 18.2 Å². The van der Waals surface area contributed by atoms with Gasteiger partial charge in [-0.25, -0.2) is 4.98 Å². The largest absolute Gasteiger partial charge is 0.369 e. The number of nitrogens with zero attached hydrogens (tertiary/aromatic N) is 2. The number of hydrogen-bond acceptors (Lipinski definition) is 3. The summed E-state index contributed by atoms with van der Waals surface area (Å²) in [4.78, 5) is 4.41. The molecule has 4 N–H and O–H groups in total. The number of nitrogen functional groups attached to an aromatic ring is 1. The van der Waals surface area contributed by atoms with Crippen molar-refractivity contribution in [1.82, 2.24) is 9.55 Å². The minimum atomic E-state index is 0.401. The summed E-state index contributed by atoms with van der Waals surface area (Å²) in [6.07, 6.45) is 4.68. The third kappa shape index (κ3) is 2.08. The number of anilines is 1. The summed E-state index contributed by atoms with van der Waals surface area (Å²) in [5.41, 5.74) is 14.1. The molecule has 0 radical (unpaired) electrons. The number of hydrogen-bond donors (Lipinski definition) is 2. The Bertz CT molecular complexity index is 538. The third-order valence-electron chi connectivity index (χ3n) is 4.02. The Morgan fingerprint density at radius 3 is 2.67 bits per heavy atom. The second-order valence-corrected chi connectivity index (χ2v) is 5.35. The van der Waals surface area contributed by atoms with Crippen LogP contribution in [0.5, 0.6) is 0 Å². The van der Waals surface area contributed by atoms with E-state index in [0.29, 0.717) is 17.9 Å². The first-order valence-corrected chi connectivity index (χ1v) is 6.70.